The van der Waals surface area contributed by atoms with E-state index in [9.17, 15) is 0 Å². The molecule has 0 atom stereocenters. The second-order valence-corrected chi connectivity index (χ2v) is 5.82. The van der Waals surface area contributed by atoms with E-state index in [1.54, 1.807) is 10.9 Å². The van der Waals surface area contributed by atoms with E-state index in [0.29, 0.717) is 17.4 Å². The van der Waals surface area contributed by atoms with Crippen molar-refractivity contribution in [3.8, 4) is 17.3 Å². The van der Waals surface area contributed by atoms with E-state index >= 15 is 0 Å². The summed E-state index contributed by atoms with van der Waals surface area (Å²) in [5.41, 5.74) is 8.43. The van der Waals surface area contributed by atoms with Gasteiger partial charge in [-0.2, -0.15) is 4.98 Å². The van der Waals surface area contributed by atoms with Crippen LogP contribution in [0.3, 0.4) is 0 Å². The van der Waals surface area contributed by atoms with E-state index in [-0.39, 0.29) is 12.4 Å². The van der Waals surface area contributed by atoms with Crippen molar-refractivity contribution in [2.75, 3.05) is 0 Å². The molecule has 7 nitrogen and oxygen atoms in total. The normalized spacial score (nSPS) is 15.7. The van der Waals surface area contributed by atoms with Crippen LogP contribution in [0.1, 0.15) is 30.7 Å². The first-order valence-corrected chi connectivity index (χ1v) is 7.27. The molecule has 2 N–H and O–H groups in total. The molecule has 23 heavy (non-hydrogen) atoms. The maximum absolute atomic E-state index is 6.20. The number of hydrogen-bond donors (Lipinski definition) is 1. The number of aryl methyl sites for hydroxylation is 1. The van der Waals surface area contributed by atoms with Crippen molar-refractivity contribution in [2.24, 2.45) is 5.73 Å². The van der Waals surface area contributed by atoms with Crippen LogP contribution >= 0.6 is 12.4 Å². The summed E-state index contributed by atoms with van der Waals surface area (Å²) in [6.45, 7) is 2.04. The van der Waals surface area contributed by atoms with Gasteiger partial charge in [0.2, 0.25) is 0 Å². The largest absolute Gasteiger partial charge is 0.332 e. The molecule has 0 radical (unpaired) electrons. The minimum absolute atomic E-state index is 0. The van der Waals surface area contributed by atoms with Gasteiger partial charge < -0.3 is 10.3 Å². The van der Waals surface area contributed by atoms with Crippen molar-refractivity contribution in [2.45, 2.75) is 31.7 Å². The van der Waals surface area contributed by atoms with Crippen molar-refractivity contribution in [1.82, 2.24) is 25.1 Å². The number of aromatic nitrogens is 5. The summed E-state index contributed by atoms with van der Waals surface area (Å²) in [7, 11) is 0. The molecule has 4 rings (SSSR count). The quantitative estimate of drug-likeness (QED) is 0.791. The summed E-state index contributed by atoms with van der Waals surface area (Å²) >= 11 is 0. The van der Waals surface area contributed by atoms with Gasteiger partial charge in [-0.3, -0.25) is 0 Å². The standard InChI is InChI=1S/C15H16N6O.ClH/c1-10-3-5-11(6-4-10)21-9-12(18-20-21)13-17-14(19-22-13)15(16)7-2-8-15;/h3-6,9H,2,7-8,16H2,1H3;1H. The minimum atomic E-state index is -0.436. The Hall–Kier alpha value is -2.25. The van der Waals surface area contributed by atoms with Gasteiger partial charge in [-0.1, -0.05) is 28.1 Å². The van der Waals surface area contributed by atoms with E-state index in [1.165, 1.54) is 5.56 Å². The van der Waals surface area contributed by atoms with Gasteiger partial charge in [-0.05, 0) is 38.3 Å². The highest BCUT2D eigenvalue weighted by molar-refractivity contribution is 5.85. The molecule has 1 aromatic carbocycles. The number of nitrogens with two attached hydrogens (primary N) is 1. The zero-order valence-electron chi connectivity index (χ0n) is 12.6. The fraction of sp³-hybridized carbons (Fsp3) is 0.333. The van der Waals surface area contributed by atoms with Crippen LogP contribution in [0, 0.1) is 6.92 Å². The average Bonchev–Trinajstić information content (AvgIpc) is 3.14. The number of halogens is 1. The molecule has 0 spiro atoms. The summed E-state index contributed by atoms with van der Waals surface area (Å²) < 4.78 is 6.96. The highest BCUT2D eigenvalue weighted by atomic mass is 35.5. The van der Waals surface area contributed by atoms with Gasteiger partial charge in [0.1, 0.15) is 0 Å². The smallest absolute Gasteiger partial charge is 0.280 e. The first kappa shape index (κ1) is 15.6. The maximum Gasteiger partial charge on any atom is 0.280 e. The Balaban J connectivity index is 0.00000156. The summed E-state index contributed by atoms with van der Waals surface area (Å²) in [6.07, 6.45) is 4.65. The topological polar surface area (TPSA) is 95.7 Å². The van der Waals surface area contributed by atoms with Crippen LogP contribution in [-0.2, 0) is 5.54 Å². The molecule has 2 aromatic heterocycles. The van der Waals surface area contributed by atoms with Crippen LogP contribution in [0.15, 0.2) is 35.0 Å². The molecule has 0 saturated heterocycles. The lowest BCUT2D eigenvalue weighted by atomic mass is 9.77. The highest BCUT2D eigenvalue weighted by Crippen LogP contribution is 2.37. The molecule has 2 heterocycles. The Morgan fingerprint density at radius 3 is 2.61 bits per heavy atom. The van der Waals surface area contributed by atoms with Crippen molar-refractivity contribution in [1.29, 1.82) is 0 Å². The molecule has 0 aliphatic heterocycles. The Labute approximate surface area is 139 Å². The number of benzene rings is 1. The zero-order valence-corrected chi connectivity index (χ0v) is 13.5. The molecule has 3 aromatic rings. The molecule has 0 bridgehead atoms. The predicted molar refractivity (Wildman–Crippen MR) is 86.4 cm³/mol. The molecule has 0 unspecified atom stereocenters. The van der Waals surface area contributed by atoms with E-state index in [1.807, 2.05) is 31.2 Å². The molecule has 120 valence electrons. The van der Waals surface area contributed by atoms with E-state index in [2.05, 4.69) is 20.5 Å². The van der Waals surface area contributed by atoms with Crippen LogP contribution in [-0.4, -0.2) is 25.1 Å². The minimum Gasteiger partial charge on any atom is -0.332 e. The molecular weight excluding hydrogens is 316 g/mol. The molecule has 0 amide bonds. The van der Waals surface area contributed by atoms with Crippen LogP contribution in [0.4, 0.5) is 0 Å². The van der Waals surface area contributed by atoms with Crippen molar-refractivity contribution >= 4 is 12.4 Å². The number of nitrogens with zero attached hydrogens (tertiary/aromatic N) is 5. The highest BCUT2D eigenvalue weighted by Gasteiger charge is 2.39. The summed E-state index contributed by atoms with van der Waals surface area (Å²) in [6, 6.07) is 8.01. The van der Waals surface area contributed by atoms with E-state index in [0.717, 1.165) is 24.9 Å². The molecule has 8 heteroatoms. The molecule has 1 fully saturated rings. The maximum atomic E-state index is 6.20. The lowest BCUT2D eigenvalue weighted by Gasteiger charge is -2.34. The molecule has 1 aliphatic carbocycles. The second-order valence-electron chi connectivity index (χ2n) is 5.82. The number of rotatable bonds is 3. The summed E-state index contributed by atoms with van der Waals surface area (Å²) in [4.78, 5) is 4.38. The third-order valence-corrected chi connectivity index (χ3v) is 4.13. The van der Waals surface area contributed by atoms with E-state index < -0.39 is 5.54 Å². The first-order valence-electron chi connectivity index (χ1n) is 7.27. The van der Waals surface area contributed by atoms with Crippen molar-refractivity contribution < 1.29 is 4.52 Å². The van der Waals surface area contributed by atoms with E-state index in [4.69, 9.17) is 10.3 Å². The zero-order chi connectivity index (χ0) is 15.2. The Bertz CT molecular complexity index is 805. The SMILES string of the molecule is Cc1ccc(-n2cc(-c3nc(C4(N)CCC4)no3)nn2)cc1.Cl. The molecular formula is C15H17ClN6O. The summed E-state index contributed by atoms with van der Waals surface area (Å²) in [5.74, 6) is 0.906. The monoisotopic (exact) mass is 332 g/mol. The third kappa shape index (κ3) is 2.73. The van der Waals surface area contributed by atoms with Crippen LogP contribution in [0.2, 0.25) is 0 Å². The lowest BCUT2D eigenvalue weighted by Crippen LogP contribution is -2.44. The number of hydrogen-bond acceptors (Lipinski definition) is 6. The van der Waals surface area contributed by atoms with Crippen molar-refractivity contribution in [3.63, 3.8) is 0 Å². The third-order valence-electron chi connectivity index (χ3n) is 4.13. The fourth-order valence-corrected chi connectivity index (χ4v) is 2.50. The van der Waals surface area contributed by atoms with Crippen LogP contribution < -0.4 is 5.73 Å². The van der Waals surface area contributed by atoms with Gasteiger partial charge >= 0.3 is 0 Å². The van der Waals surface area contributed by atoms with Gasteiger partial charge in [-0.25, -0.2) is 4.68 Å². The van der Waals surface area contributed by atoms with Crippen molar-refractivity contribution in [3.05, 3.63) is 41.9 Å². The summed E-state index contributed by atoms with van der Waals surface area (Å²) in [5, 5.41) is 12.2. The van der Waals surface area contributed by atoms with Crippen LogP contribution in [0.5, 0.6) is 0 Å². The van der Waals surface area contributed by atoms with Gasteiger partial charge in [-0.15, -0.1) is 17.5 Å². The van der Waals surface area contributed by atoms with Gasteiger partial charge in [0, 0.05) is 0 Å². The van der Waals surface area contributed by atoms with Crippen LogP contribution in [0.25, 0.3) is 17.3 Å². The Kier molecular flexibility index (Phi) is 3.91. The predicted octanol–water partition coefficient (Wildman–Crippen LogP) is 2.39. The Morgan fingerprint density at radius 1 is 1.22 bits per heavy atom. The van der Waals surface area contributed by atoms with Gasteiger partial charge in [0.15, 0.2) is 11.5 Å². The van der Waals surface area contributed by atoms with Gasteiger partial charge in [0.25, 0.3) is 5.89 Å². The first-order chi connectivity index (χ1) is 10.6. The fourth-order valence-electron chi connectivity index (χ4n) is 2.50. The average molecular weight is 333 g/mol. The molecule has 1 saturated carbocycles. The Morgan fingerprint density at radius 2 is 1.96 bits per heavy atom. The lowest BCUT2D eigenvalue weighted by molar-refractivity contribution is 0.229. The van der Waals surface area contributed by atoms with Gasteiger partial charge in [0.05, 0.1) is 17.4 Å². The second kappa shape index (κ2) is 5.75. The molecule has 1 aliphatic rings.